The largest absolute Gasteiger partial charge is 0.481 e. The average Bonchev–Trinajstić information content (AvgIpc) is 2.48. The molecule has 2 saturated heterocycles. The number of carbonyl (C=O) groups excluding carboxylic acids is 2. The van der Waals surface area contributed by atoms with Gasteiger partial charge in [-0.15, -0.1) is 0 Å². The van der Waals surface area contributed by atoms with Gasteiger partial charge in [-0.1, -0.05) is 0 Å². The van der Waals surface area contributed by atoms with Crippen LogP contribution in [0.5, 0.6) is 0 Å². The molecule has 8 nitrogen and oxygen atoms in total. The van der Waals surface area contributed by atoms with Crippen LogP contribution in [-0.2, 0) is 19.1 Å². The maximum Gasteiger partial charge on any atom is 0.305 e. The summed E-state index contributed by atoms with van der Waals surface area (Å²) in [6.07, 6.45) is -0.299. The standard InChI is InChI=1S/C13H21N3O5/c1-9(13(20)15-4-6-21-7-5-15)16-3-2-14-12(19)10(16)8-11(17)18/h9-10H,2-8H2,1H3,(H,14,19)(H,17,18). The second kappa shape index (κ2) is 6.86. The highest BCUT2D eigenvalue weighted by molar-refractivity contribution is 5.88. The molecule has 118 valence electrons. The van der Waals surface area contributed by atoms with Crippen LogP contribution in [0.3, 0.4) is 0 Å². The number of ether oxygens (including phenoxy) is 1. The van der Waals surface area contributed by atoms with Crippen molar-refractivity contribution in [3.05, 3.63) is 0 Å². The predicted molar refractivity (Wildman–Crippen MR) is 72.6 cm³/mol. The molecule has 0 aromatic rings. The highest BCUT2D eigenvalue weighted by Crippen LogP contribution is 2.15. The zero-order chi connectivity index (χ0) is 15.4. The topological polar surface area (TPSA) is 99.2 Å². The third kappa shape index (κ3) is 3.70. The van der Waals surface area contributed by atoms with Crippen molar-refractivity contribution in [1.29, 1.82) is 0 Å². The highest BCUT2D eigenvalue weighted by atomic mass is 16.5. The van der Waals surface area contributed by atoms with Gasteiger partial charge in [0.2, 0.25) is 11.8 Å². The zero-order valence-corrected chi connectivity index (χ0v) is 12.1. The first kappa shape index (κ1) is 15.7. The summed E-state index contributed by atoms with van der Waals surface area (Å²) in [5, 5.41) is 11.6. The van der Waals surface area contributed by atoms with E-state index in [0.29, 0.717) is 39.4 Å². The van der Waals surface area contributed by atoms with Crippen LogP contribution in [0, 0.1) is 0 Å². The fourth-order valence-corrected chi connectivity index (χ4v) is 2.76. The molecular weight excluding hydrogens is 278 g/mol. The molecule has 0 aliphatic carbocycles. The number of carboxylic acid groups (broad SMARTS) is 1. The Balaban J connectivity index is 2.06. The lowest BCUT2D eigenvalue weighted by Gasteiger charge is -2.40. The minimum atomic E-state index is -1.05. The summed E-state index contributed by atoms with van der Waals surface area (Å²) in [5.74, 6) is -1.46. The highest BCUT2D eigenvalue weighted by Gasteiger charge is 2.38. The lowest BCUT2D eigenvalue weighted by Crippen LogP contribution is -2.62. The van der Waals surface area contributed by atoms with Crippen LogP contribution >= 0.6 is 0 Å². The fraction of sp³-hybridized carbons (Fsp3) is 0.769. The lowest BCUT2D eigenvalue weighted by molar-refractivity contribution is -0.149. The van der Waals surface area contributed by atoms with Gasteiger partial charge in [-0.2, -0.15) is 0 Å². The van der Waals surface area contributed by atoms with Crippen LogP contribution in [0.4, 0.5) is 0 Å². The molecule has 2 heterocycles. The quantitative estimate of drug-likeness (QED) is 0.656. The zero-order valence-electron chi connectivity index (χ0n) is 12.1. The Labute approximate surface area is 123 Å². The van der Waals surface area contributed by atoms with Crippen LogP contribution in [-0.4, -0.2) is 84.2 Å². The monoisotopic (exact) mass is 299 g/mol. The Morgan fingerprint density at radius 2 is 2.05 bits per heavy atom. The first-order chi connectivity index (χ1) is 10.0. The number of hydrogen-bond acceptors (Lipinski definition) is 5. The summed E-state index contributed by atoms with van der Waals surface area (Å²) in [7, 11) is 0. The first-order valence-electron chi connectivity index (χ1n) is 7.12. The van der Waals surface area contributed by atoms with Crippen molar-refractivity contribution in [1.82, 2.24) is 15.1 Å². The average molecular weight is 299 g/mol. The van der Waals surface area contributed by atoms with Crippen molar-refractivity contribution in [3.63, 3.8) is 0 Å². The number of nitrogens with one attached hydrogen (secondary N) is 1. The van der Waals surface area contributed by atoms with E-state index in [1.54, 1.807) is 16.7 Å². The molecular formula is C13H21N3O5. The number of nitrogens with zero attached hydrogens (tertiary/aromatic N) is 2. The molecule has 0 saturated carbocycles. The summed E-state index contributed by atoms with van der Waals surface area (Å²) >= 11 is 0. The van der Waals surface area contributed by atoms with E-state index in [4.69, 9.17) is 9.84 Å². The third-order valence-electron chi connectivity index (χ3n) is 3.92. The van der Waals surface area contributed by atoms with E-state index in [9.17, 15) is 14.4 Å². The molecule has 2 aliphatic rings. The van der Waals surface area contributed by atoms with E-state index < -0.39 is 18.1 Å². The minimum Gasteiger partial charge on any atom is -0.481 e. The summed E-state index contributed by atoms with van der Waals surface area (Å²) in [6, 6.07) is -1.31. The van der Waals surface area contributed by atoms with Crippen molar-refractivity contribution in [2.75, 3.05) is 39.4 Å². The second-order valence-corrected chi connectivity index (χ2v) is 5.26. The Hall–Kier alpha value is -1.67. The van der Waals surface area contributed by atoms with E-state index >= 15 is 0 Å². The van der Waals surface area contributed by atoms with E-state index in [2.05, 4.69) is 5.32 Å². The summed E-state index contributed by atoms with van der Waals surface area (Å²) < 4.78 is 5.22. The second-order valence-electron chi connectivity index (χ2n) is 5.26. The van der Waals surface area contributed by atoms with Crippen LogP contribution in [0.1, 0.15) is 13.3 Å². The molecule has 0 bridgehead atoms. The number of amides is 2. The molecule has 21 heavy (non-hydrogen) atoms. The van der Waals surface area contributed by atoms with Gasteiger partial charge in [-0.3, -0.25) is 19.3 Å². The molecule has 2 N–H and O–H groups in total. The van der Waals surface area contributed by atoms with Crippen LogP contribution in [0.25, 0.3) is 0 Å². The Morgan fingerprint density at radius 1 is 1.38 bits per heavy atom. The molecule has 2 atom stereocenters. The van der Waals surface area contributed by atoms with Gasteiger partial charge in [-0.05, 0) is 6.92 Å². The Morgan fingerprint density at radius 3 is 2.67 bits per heavy atom. The summed E-state index contributed by atoms with van der Waals surface area (Å²) in [4.78, 5) is 38.7. The van der Waals surface area contributed by atoms with Crippen LogP contribution in [0.2, 0.25) is 0 Å². The number of carboxylic acids is 1. The Kier molecular flexibility index (Phi) is 5.13. The molecule has 0 aromatic heterocycles. The van der Waals surface area contributed by atoms with Crippen molar-refractivity contribution < 1.29 is 24.2 Å². The molecule has 2 rings (SSSR count). The van der Waals surface area contributed by atoms with Crippen molar-refractivity contribution in [2.24, 2.45) is 0 Å². The van der Waals surface area contributed by atoms with Crippen LogP contribution in [0.15, 0.2) is 0 Å². The Bertz CT molecular complexity index is 422. The molecule has 2 aliphatic heterocycles. The number of carbonyl (C=O) groups is 3. The summed E-state index contributed by atoms with van der Waals surface area (Å²) in [5.41, 5.74) is 0. The van der Waals surface area contributed by atoms with E-state index in [0.717, 1.165) is 0 Å². The van der Waals surface area contributed by atoms with Crippen molar-refractivity contribution >= 4 is 17.8 Å². The van der Waals surface area contributed by atoms with Gasteiger partial charge in [0.05, 0.1) is 25.7 Å². The number of morpholine rings is 1. The van der Waals surface area contributed by atoms with Crippen molar-refractivity contribution in [2.45, 2.75) is 25.4 Å². The van der Waals surface area contributed by atoms with Gasteiger partial charge in [0.15, 0.2) is 0 Å². The third-order valence-corrected chi connectivity index (χ3v) is 3.92. The van der Waals surface area contributed by atoms with Gasteiger partial charge in [0.25, 0.3) is 0 Å². The van der Waals surface area contributed by atoms with Crippen molar-refractivity contribution in [3.8, 4) is 0 Å². The molecule has 8 heteroatoms. The van der Waals surface area contributed by atoms with Gasteiger partial charge in [0.1, 0.15) is 6.04 Å². The maximum atomic E-state index is 12.5. The SMILES string of the molecule is CC(C(=O)N1CCOCC1)N1CCNC(=O)C1CC(=O)O. The predicted octanol–water partition coefficient (Wildman–Crippen LogP) is -1.49. The summed E-state index contributed by atoms with van der Waals surface area (Å²) in [6.45, 7) is 4.72. The van der Waals surface area contributed by atoms with Gasteiger partial charge >= 0.3 is 5.97 Å². The lowest BCUT2D eigenvalue weighted by atomic mass is 10.1. The fourth-order valence-electron chi connectivity index (χ4n) is 2.76. The first-order valence-corrected chi connectivity index (χ1v) is 7.12. The normalized spacial score (nSPS) is 25.3. The molecule has 2 unspecified atom stereocenters. The van der Waals surface area contributed by atoms with E-state index in [-0.39, 0.29) is 18.2 Å². The minimum absolute atomic E-state index is 0.0802. The number of rotatable bonds is 4. The van der Waals surface area contributed by atoms with E-state index in [1.165, 1.54) is 0 Å². The molecule has 0 spiro atoms. The number of aliphatic carboxylic acids is 1. The van der Waals surface area contributed by atoms with Gasteiger partial charge in [0, 0.05) is 26.2 Å². The molecule has 2 fully saturated rings. The molecule has 2 amide bonds. The molecule has 0 radical (unpaired) electrons. The number of hydrogen-bond donors (Lipinski definition) is 2. The molecule has 0 aromatic carbocycles. The smallest absolute Gasteiger partial charge is 0.305 e. The maximum absolute atomic E-state index is 12.5. The van der Waals surface area contributed by atoms with Crippen LogP contribution < -0.4 is 5.32 Å². The van der Waals surface area contributed by atoms with E-state index in [1.807, 2.05) is 0 Å². The van der Waals surface area contributed by atoms with Gasteiger partial charge < -0.3 is 20.1 Å². The van der Waals surface area contributed by atoms with Gasteiger partial charge in [-0.25, -0.2) is 0 Å². The number of piperazine rings is 1.